The summed E-state index contributed by atoms with van der Waals surface area (Å²) >= 11 is 0. The lowest BCUT2D eigenvalue weighted by Crippen LogP contribution is -2.54. The minimum atomic E-state index is 0.00504. The molecule has 0 N–H and O–H groups in total. The molecule has 0 saturated carbocycles. The Kier molecular flexibility index (Phi) is 5.66. The normalized spacial score (nSPS) is 23.0. The lowest BCUT2D eigenvalue weighted by molar-refractivity contribution is 0.102. The minimum Gasteiger partial charge on any atom is -0.325 e. The van der Waals surface area contributed by atoms with Crippen LogP contribution in [0.4, 0.5) is 4.79 Å². The van der Waals surface area contributed by atoms with E-state index in [-0.39, 0.29) is 12.1 Å². The maximum Gasteiger partial charge on any atom is 0.320 e. The molecule has 2 saturated heterocycles. The number of carbonyl (C=O) groups excluding carboxylic acids is 1. The van der Waals surface area contributed by atoms with Crippen LogP contribution < -0.4 is 0 Å². The molecule has 2 aliphatic heterocycles. The molecule has 5 nitrogen and oxygen atoms in total. The summed E-state index contributed by atoms with van der Waals surface area (Å²) in [5.41, 5.74) is 0. The van der Waals surface area contributed by atoms with Gasteiger partial charge in [-0.15, -0.1) is 0 Å². The van der Waals surface area contributed by atoms with E-state index in [1.165, 1.54) is 12.8 Å². The van der Waals surface area contributed by atoms with Gasteiger partial charge in [0.2, 0.25) is 0 Å². The van der Waals surface area contributed by atoms with E-state index in [0.29, 0.717) is 0 Å². The van der Waals surface area contributed by atoms with E-state index in [1.54, 1.807) is 0 Å². The minimum absolute atomic E-state index is 0.00504. The number of hydrogen-bond acceptors (Lipinski definition) is 3. The first kappa shape index (κ1) is 15.1. The molecule has 2 heterocycles. The Balaban J connectivity index is 1.83. The molecule has 0 spiro atoms. The molecular weight excluding hydrogens is 252 g/mol. The zero-order valence-corrected chi connectivity index (χ0v) is 12.6. The van der Waals surface area contributed by atoms with Crippen molar-refractivity contribution in [2.45, 2.75) is 45.1 Å². The number of piperazine rings is 1. The highest BCUT2D eigenvalue weighted by atomic mass is 16.2. The maximum absolute atomic E-state index is 12.5. The fraction of sp³-hybridized carbons (Fsp3) is 0.867. The van der Waals surface area contributed by atoms with Gasteiger partial charge in [-0.25, -0.2) is 4.79 Å². The summed E-state index contributed by atoms with van der Waals surface area (Å²) in [7, 11) is 0. The van der Waals surface area contributed by atoms with Crippen LogP contribution in [-0.2, 0) is 0 Å². The van der Waals surface area contributed by atoms with Gasteiger partial charge in [-0.05, 0) is 19.3 Å². The largest absolute Gasteiger partial charge is 0.325 e. The zero-order valence-electron chi connectivity index (χ0n) is 12.6. The molecule has 0 radical (unpaired) electrons. The zero-order chi connectivity index (χ0) is 14.4. The van der Waals surface area contributed by atoms with Crippen LogP contribution in [0.3, 0.4) is 0 Å². The van der Waals surface area contributed by atoms with E-state index < -0.39 is 0 Å². The molecule has 2 fully saturated rings. The van der Waals surface area contributed by atoms with Crippen molar-refractivity contribution in [1.29, 1.82) is 5.26 Å². The lowest BCUT2D eigenvalue weighted by atomic mass is 10.2. The van der Waals surface area contributed by atoms with E-state index in [0.717, 1.165) is 58.5 Å². The average molecular weight is 278 g/mol. The SMILES string of the molecule is CCC(C#N)N1CCN(C(=O)N2CCCCCC2)CC1. The van der Waals surface area contributed by atoms with Crippen LogP contribution in [0.5, 0.6) is 0 Å². The van der Waals surface area contributed by atoms with Crippen molar-refractivity contribution in [1.82, 2.24) is 14.7 Å². The summed E-state index contributed by atoms with van der Waals surface area (Å²) in [4.78, 5) is 18.7. The van der Waals surface area contributed by atoms with Crippen LogP contribution in [0.25, 0.3) is 0 Å². The second-order valence-electron chi connectivity index (χ2n) is 5.76. The molecule has 5 heteroatoms. The Morgan fingerprint density at radius 3 is 2.05 bits per heavy atom. The van der Waals surface area contributed by atoms with Crippen molar-refractivity contribution >= 4 is 6.03 Å². The second-order valence-corrected chi connectivity index (χ2v) is 5.76. The highest BCUT2D eigenvalue weighted by molar-refractivity contribution is 5.74. The monoisotopic (exact) mass is 278 g/mol. The van der Waals surface area contributed by atoms with Crippen LogP contribution in [0.15, 0.2) is 0 Å². The fourth-order valence-electron chi connectivity index (χ4n) is 3.12. The standard InChI is InChI=1S/C15H26N4O/c1-2-14(13-16)17-9-11-19(12-10-17)15(20)18-7-5-3-4-6-8-18/h14H,2-12H2,1H3. The lowest BCUT2D eigenvalue weighted by Gasteiger charge is -2.38. The third-order valence-electron chi connectivity index (χ3n) is 4.44. The molecule has 2 amide bonds. The molecule has 112 valence electrons. The molecule has 2 aliphatic rings. The number of rotatable bonds is 2. The molecule has 1 atom stereocenters. The average Bonchev–Trinajstić information content (AvgIpc) is 2.77. The number of nitrogens with zero attached hydrogens (tertiary/aromatic N) is 4. The molecule has 1 unspecified atom stereocenters. The third kappa shape index (κ3) is 3.63. The summed E-state index contributed by atoms with van der Waals surface area (Å²) in [6.07, 6.45) is 5.63. The van der Waals surface area contributed by atoms with Gasteiger partial charge in [-0.3, -0.25) is 4.90 Å². The van der Waals surface area contributed by atoms with Crippen molar-refractivity contribution < 1.29 is 4.79 Å². The van der Waals surface area contributed by atoms with Gasteiger partial charge < -0.3 is 9.80 Å². The quantitative estimate of drug-likeness (QED) is 0.775. The van der Waals surface area contributed by atoms with Gasteiger partial charge >= 0.3 is 6.03 Å². The Labute approximate surface area is 122 Å². The van der Waals surface area contributed by atoms with Gasteiger partial charge in [0.1, 0.15) is 0 Å². The van der Waals surface area contributed by atoms with E-state index in [4.69, 9.17) is 5.26 Å². The molecule has 0 aromatic rings. The predicted octanol–water partition coefficient (Wildman–Crippen LogP) is 1.90. The Hall–Kier alpha value is -1.28. The molecule has 0 aliphatic carbocycles. The maximum atomic E-state index is 12.5. The summed E-state index contributed by atoms with van der Waals surface area (Å²) in [6.45, 7) is 7.03. The van der Waals surface area contributed by atoms with Crippen LogP contribution in [0, 0.1) is 11.3 Å². The van der Waals surface area contributed by atoms with Crippen LogP contribution in [0.2, 0.25) is 0 Å². The first-order valence-corrected chi connectivity index (χ1v) is 7.93. The Morgan fingerprint density at radius 2 is 1.55 bits per heavy atom. The second kappa shape index (κ2) is 7.49. The van der Waals surface area contributed by atoms with Gasteiger partial charge in [-0.2, -0.15) is 5.26 Å². The number of carbonyl (C=O) groups is 1. The first-order valence-electron chi connectivity index (χ1n) is 7.93. The number of hydrogen-bond donors (Lipinski definition) is 0. The Morgan fingerprint density at radius 1 is 1.00 bits per heavy atom. The summed E-state index contributed by atoms with van der Waals surface area (Å²) < 4.78 is 0. The van der Waals surface area contributed by atoms with Gasteiger partial charge in [0, 0.05) is 39.3 Å². The molecule has 2 rings (SSSR count). The van der Waals surface area contributed by atoms with E-state index in [1.807, 2.05) is 16.7 Å². The third-order valence-corrected chi connectivity index (χ3v) is 4.44. The van der Waals surface area contributed by atoms with Gasteiger partial charge in [-0.1, -0.05) is 19.8 Å². The van der Waals surface area contributed by atoms with E-state index >= 15 is 0 Å². The van der Waals surface area contributed by atoms with E-state index in [2.05, 4.69) is 11.0 Å². The van der Waals surface area contributed by atoms with Crippen molar-refractivity contribution in [3.05, 3.63) is 0 Å². The van der Waals surface area contributed by atoms with Crippen molar-refractivity contribution in [3.8, 4) is 6.07 Å². The van der Waals surface area contributed by atoms with Crippen LogP contribution >= 0.6 is 0 Å². The van der Waals surface area contributed by atoms with Crippen molar-refractivity contribution in [2.24, 2.45) is 0 Å². The molecule has 0 bridgehead atoms. The number of likely N-dealkylation sites (tertiary alicyclic amines) is 1. The first-order chi connectivity index (χ1) is 9.76. The van der Waals surface area contributed by atoms with Gasteiger partial charge in [0.25, 0.3) is 0 Å². The highest BCUT2D eigenvalue weighted by Crippen LogP contribution is 2.14. The summed E-state index contributed by atoms with van der Waals surface area (Å²) in [6, 6.07) is 2.56. The smallest absolute Gasteiger partial charge is 0.320 e. The topological polar surface area (TPSA) is 50.6 Å². The number of amides is 2. The number of urea groups is 1. The van der Waals surface area contributed by atoms with Crippen molar-refractivity contribution in [2.75, 3.05) is 39.3 Å². The van der Waals surface area contributed by atoms with Gasteiger partial charge in [0.05, 0.1) is 12.1 Å². The molecule has 20 heavy (non-hydrogen) atoms. The summed E-state index contributed by atoms with van der Waals surface area (Å²) in [5, 5.41) is 9.11. The highest BCUT2D eigenvalue weighted by Gasteiger charge is 2.27. The summed E-state index contributed by atoms with van der Waals surface area (Å²) in [5.74, 6) is 0. The van der Waals surface area contributed by atoms with Crippen LogP contribution in [0.1, 0.15) is 39.0 Å². The number of nitriles is 1. The fourth-order valence-corrected chi connectivity index (χ4v) is 3.12. The molecule has 0 aromatic carbocycles. The van der Waals surface area contributed by atoms with Gasteiger partial charge in [0.15, 0.2) is 0 Å². The van der Waals surface area contributed by atoms with Crippen molar-refractivity contribution in [3.63, 3.8) is 0 Å². The molecule has 0 aromatic heterocycles. The van der Waals surface area contributed by atoms with Crippen LogP contribution in [-0.4, -0.2) is 66.0 Å². The molecular formula is C15H26N4O. The Bertz CT molecular complexity index is 349. The van der Waals surface area contributed by atoms with E-state index in [9.17, 15) is 4.79 Å². The predicted molar refractivity (Wildman–Crippen MR) is 78.3 cm³/mol.